The van der Waals surface area contributed by atoms with Crippen LogP contribution in [0.2, 0.25) is 0 Å². The number of hydrogen-bond acceptors (Lipinski definition) is 3. The van der Waals surface area contributed by atoms with Crippen molar-refractivity contribution in [3.63, 3.8) is 0 Å². The molecule has 4 nitrogen and oxygen atoms in total. The van der Waals surface area contributed by atoms with Crippen molar-refractivity contribution in [1.82, 2.24) is 4.31 Å². The molecule has 2 saturated carbocycles. The summed E-state index contributed by atoms with van der Waals surface area (Å²) in [5.74, 6) is 1.07. The number of likely N-dealkylation sites (N-methyl/N-ethyl adjacent to an activating group) is 1. The summed E-state index contributed by atoms with van der Waals surface area (Å²) in [6, 6.07) is 7.13. The van der Waals surface area contributed by atoms with Crippen LogP contribution in [0.4, 0.5) is 0 Å². The first-order valence-corrected chi connectivity index (χ1v) is 9.09. The van der Waals surface area contributed by atoms with E-state index in [1.807, 2.05) is 19.1 Å². The number of rotatable bonds is 3. The fourth-order valence-corrected chi connectivity index (χ4v) is 5.95. The van der Waals surface area contributed by atoms with Gasteiger partial charge in [-0.25, -0.2) is 8.42 Å². The molecule has 5 heteroatoms. The molecule has 4 atom stereocenters. The van der Waals surface area contributed by atoms with Gasteiger partial charge in [0, 0.05) is 7.05 Å². The minimum atomic E-state index is -3.43. The van der Waals surface area contributed by atoms with Gasteiger partial charge in [0.15, 0.2) is 0 Å². The summed E-state index contributed by atoms with van der Waals surface area (Å²) in [4.78, 5) is 0.382. The average Bonchev–Trinajstić information content (AvgIpc) is 3.17. The van der Waals surface area contributed by atoms with Crippen molar-refractivity contribution in [2.45, 2.75) is 42.7 Å². The fraction of sp³-hybridized carbons (Fsp3) is 0.625. The van der Waals surface area contributed by atoms with Crippen molar-refractivity contribution >= 4 is 10.0 Å². The second-order valence-corrected chi connectivity index (χ2v) is 8.72. The van der Waals surface area contributed by atoms with Crippen LogP contribution in [0.15, 0.2) is 29.2 Å². The van der Waals surface area contributed by atoms with E-state index in [1.54, 1.807) is 23.5 Å². The molecular formula is C16H21NO3S. The highest BCUT2D eigenvalue weighted by molar-refractivity contribution is 7.89. The zero-order valence-electron chi connectivity index (χ0n) is 12.5. The molecule has 1 spiro atoms. The van der Waals surface area contributed by atoms with Crippen molar-refractivity contribution in [2.24, 2.45) is 11.8 Å². The Morgan fingerprint density at radius 2 is 1.90 bits per heavy atom. The smallest absolute Gasteiger partial charge is 0.243 e. The molecule has 0 bridgehead atoms. The quantitative estimate of drug-likeness (QED) is 0.804. The van der Waals surface area contributed by atoms with E-state index in [1.165, 1.54) is 12.8 Å². The van der Waals surface area contributed by atoms with E-state index in [-0.39, 0.29) is 11.6 Å². The van der Waals surface area contributed by atoms with Gasteiger partial charge >= 0.3 is 0 Å². The first kappa shape index (κ1) is 13.7. The average molecular weight is 307 g/mol. The van der Waals surface area contributed by atoms with Crippen LogP contribution in [0, 0.1) is 18.8 Å². The van der Waals surface area contributed by atoms with E-state index in [2.05, 4.69) is 0 Å². The number of nitrogens with zero attached hydrogens (tertiary/aromatic N) is 1. The number of aryl methyl sites for hydroxylation is 1. The Hall–Kier alpha value is -0.910. The van der Waals surface area contributed by atoms with Gasteiger partial charge in [0.1, 0.15) is 5.60 Å². The van der Waals surface area contributed by atoms with Crippen LogP contribution in [-0.2, 0) is 14.8 Å². The lowest BCUT2D eigenvalue weighted by atomic mass is 9.62. The molecule has 114 valence electrons. The number of hydrogen-bond donors (Lipinski definition) is 0. The molecule has 0 radical (unpaired) electrons. The number of epoxide rings is 1. The molecular weight excluding hydrogens is 286 g/mol. The van der Waals surface area contributed by atoms with Crippen LogP contribution in [0.5, 0.6) is 0 Å². The highest BCUT2D eigenvalue weighted by Gasteiger charge is 2.73. The molecule has 1 heterocycles. The summed E-state index contributed by atoms with van der Waals surface area (Å²) in [5, 5.41) is 0. The molecule has 3 aliphatic rings. The molecule has 1 aromatic rings. The monoisotopic (exact) mass is 307 g/mol. The van der Waals surface area contributed by atoms with E-state index >= 15 is 0 Å². The Labute approximate surface area is 126 Å². The van der Waals surface area contributed by atoms with Crippen LogP contribution in [0.3, 0.4) is 0 Å². The molecule has 3 fully saturated rings. The molecule has 0 amide bonds. The minimum Gasteiger partial charge on any atom is -0.368 e. The third-order valence-corrected chi connectivity index (χ3v) is 7.52. The maximum atomic E-state index is 12.9. The zero-order valence-corrected chi connectivity index (χ0v) is 13.3. The predicted molar refractivity (Wildman–Crippen MR) is 79.4 cm³/mol. The second-order valence-electron chi connectivity index (χ2n) is 6.72. The van der Waals surface area contributed by atoms with E-state index in [4.69, 9.17) is 4.74 Å². The summed E-state index contributed by atoms with van der Waals surface area (Å²) in [6.45, 7) is 2.69. The van der Waals surface area contributed by atoms with Crippen LogP contribution < -0.4 is 0 Å². The largest absolute Gasteiger partial charge is 0.368 e. The van der Waals surface area contributed by atoms with Crippen LogP contribution in [-0.4, -0.2) is 38.0 Å². The molecule has 4 rings (SSSR count). The molecule has 1 aromatic carbocycles. The third kappa shape index (κ3) is 1.77. The molecule has 1 aliphatic heterocycles. The highest BCUT2D eigenvalue weighted by atomic mass is 32.2. The summed E-state index contributed by atoms with van der Waals surface area (Å²) in [6.07, 6.45) is 3.53. The van der Waals surface area contributed by atoms with Gasteiger partial charge in [0.2, 0.25) is 10.0 Å². The normalized spacial score (nSPS) is 37.6. The first-order chi connectivity index (χ1) is 9.97. The topological polar surface area (TPSA) is 49.9 Å². The van der Waals surface area contributed by atoms with E-state index < -0.39 is 10.0 Å². The fourth-order valence-electron chi connectivity index (χ4n) is 4.51. The maximum absolute atomic E-state index is 12.9. The highest BCUT2D eigenvalue weighted by Crippen LogP contribution is 2.63. The Bertz CT molecular complexity index is 663. The first-order valence-electron chi connectivity index (χ1n) is 7.65. The number of sulfonamides is 1. The minimum absolute atomic E-state index is 0.0244. The van der Waals surface area contributed by atoms with Crippen molar-refractivity contribution in [1.29, 1.82) is 0 Å². The lowest BCUT2D eigenvalue weighted by molar-refractivity contribution is -0.0298. The molecule has 1 unspecified atom stereocenters. The van der Waals surface area contributed by atoms with Gasteiger partial charge in [-0.15, -0.1) is 0 Å². The molecule has 2 aliphatic carbocycles. The summed E-state index contributed by atoms with van der Waals surface area (Å²) < 4.78 is 33.0. The van der Waals surface area contributed by atoms with Gasteiger partial charge in [-0.3, -0.25) is 0 Å². The van der Waals surface area contributed by atoms with Gasteiger partial charge in [0.25, 0.3) is 0 Å². The van der Waals surface area contributed by atoms with E-state index in [0.29, 0.717) is 16.7 Å². The van der Waals surface area contributed by atoms with Crippen LogP contribution >= 0.6 is 0 Å². The molecule has 21 heavy (non-hydrogen) atoms. The lowest BCUT2D eigenvalue weighted by Crippen LogP contribution is -2.64. The maximum Gasteiger partial charge on any atom is 0.243 e. The number of ether oxygens (including phenoxy) is 1. The number of benzene rings is 1. The van der Waals surface area contributed by atoms with Gasteiger partial charge in [-0.2, -0.15) is 4.31 Å². The number of fused-ring (bicyclic) bond motifs is 2. The lowest BCUT2D eigenvalue weighted by Gasteiger charge is -2.50. The molecule has 0 N–H and O–H groups in total. The second kappa shape index (κ2) is 4.31. The van der Waals surface area contributed by atoms with E-state index in [9.17, 15) is 8.42 Å². The Balaban J connectivity index is 1.65. The van der Waals surface area contributed by atoms with Gasteiger partial charge in [-0.1, -0.05) is 24.1 Å². The summed E-state index contributed by atoms with van der Waals surface area (Å²) in [5.41, 5.74) is 0.909. The van der Waals surface area contributed by atoms with Gasteiger partial charge in [0.05, 0.1) is 17.5 Å². The van der Waals surface area contributed by atoms with Crippen molar-refractivity contribution < 1.29 is 13.2 Å². The standard InChI is InChI=1S/C16H21NO3S/c1-11-6-8-12(9-7-11)21(18,19)17(2)15-13-4-3-5-14(13)16(15)10-20-16/h6-9,13-15H,3-5,10H2,1-2H3/t13-,14+,15+,16?/m1/s1. The Morgan fingerprint density at radius 3 is 2.52 bits per heavy atom. The zero-order chi connectivity index (χ0) is 14.8. The Kier molecular flexibility index (Phi) is 2.82. The van der Waals surface area contributed by atoms with Gasteiger partial charge in [-0.05, 0) is 43.7 Å². The van der Waals surface area contributed by atoms with Crippen LogP contribution in [0.1, 0.15) is 24.8 Å². The third-order valence-electron chi connectivity index (χ3n) is 5.67. The SMILES string of the molecule is Cc1ccc(S(=O)(=O)N(C)[C@H]2[C@@H]3CCC[C@@H]3C23CO3)cc1. The van der Waals surface area contributed by atoms with Crippen LogP contribution in [0.25, 0.3) is 0 Å². The van der Waals surface area contributed by atoms with Gasteiger partial charge < -0.3 is 4.74 Å². The van der Waals surface area contributed by atoms with Crippen molar-refractivity contribution in [3.05, 3.63) is 29.8 Å². The summed E-state index contributed by atoms with van der Waals surface area (Å²) >= 11 is 0. The summed E-state index contributed by atoms with van der Waals surface area (Å²) in [7, 11) is -1.71. The van der Waals surface area contributed by atoms with Crippen molar-refractivity contribution in [3.8, 4) is 0 Å². The Morgan fingerprint density at radius 1 is 1.24 bits per heavy atom. The molecule has 0 aromatic heterocycles. The van der Waals surface area contributed by atoms with Crippen molar-refractivity contribution in [2.75, 3.05) is 13.7 Å². The molecule has 1 saturated heterocycles. The van der Waals surface area contributed by atoms with E-state index in [0.717, 1.165) is 18.6 Å². The predicted octanol–water partition coefficient (Wildman–Crippen LogP) is 2.18.